The second kappa shape index (κ2) is 7.56. The number of thiazole rings is 1. The Morgan fingerprint density at radius 3 is 2.80 bits per heavy atom. The summed E-state index contributed by atoms with van der Waals surface area (Å²) >= 11 is 1.32. The van der Waals surface area contributed by atoms with Crippen LogP contribution in [0.5, 0.6) is 5.19 Å². The molecule has 3 heterocycles. The summed E-state index contributed by atoms with van der Waals surface area (Å²) in [5, 5.41) is 0.441. The summed E-state index contributed by atoms with van der Waals surface area (Å²) in [7, 11) is 0. The van der Waals surface area contributed by atoms with Gasteiger partial charge < -0.3 is 14.1 Å². The molecule has 0 unspecified atom stereocenters. The Morgan fingerprint density at radius 1 is 1.20 bits per heavy atom. The van der Waals surface area contributed by atoms with Crippen LogP contribution in [-0.4, -0.2) is 39.6 Å². The maximum atomic E-state index is 13.8. The van der Waals surface area contributed by atoms with E-state index in [1.807, 2.05) is 6.07 Å². The number of hydrogen-bond acceptors (Lipinski definition) is 6. The number of oxazole rings is 1. The number of amides is 1. The molecule has 0 bridgehead atoms. The number of carbonyl (C=O) groups excluding carboxylic acids is 1. The normalized spacial score (nSPS) is 15.2. The van der Waals surface area contributed by atoms with Crippen LogP contribution in [0, 0.1) is 5.82 Å². The van der Waals surface area contributed by atoms with Crippen molar-refractivity contribution in [1.29, 1.82) is 0 Å². The number of piperidine rings is 1. The van der Waals surface area contributed by atoms with Crippen LogP contribution < -0.4 is 10.5 Å². The number of hydrogen-bond donors (Lipinski definition) is 0. The summed E-state index contributed by atoms with van der Waals surface area (Å²) in [4.78, 5) is 30.8. The highest BCUT2D eigenvalue weighted by molar-refractivity contribution is 7.20. The largest absolute Gasteiger partial charge is 0.467 e. The standard InChI is InChI=1S/C21H18FN3O4S/c22-14-4-3-7-17-19(14)23-20(30-17)28-13-8-10-24(11-9-13)18(26)12-25-15-5-1-2-6-16(15)29-21(25)27/h1-7,13H,8-12H2. The summed E-state index contributed by atoms with van der Waals surface area (Å²) in [5.74, 6) is -1.03. The summed E-state index contributed by atoms with van der Waals surface area (Å²) in [5.41, 5.74) is 1.40. The fourth-order valence-electron chi connectivity index (χ4n) is 3.71. The van der Waals surface area contributed by atoms with E-state index in [4.69, 9.17) is 9.15 Å². The molecule has 1 aliphatic rings. The van der Waals surface area contributed by atoms with Crippen molar-refractivity contribution in [2.75, 3.05) is 13.1 Å². The van der Waals surface area contributed by atoms with Gasteiger partial charge in [-0.1, -0.05) is 29.5 Å². The number of aromatic nitrogens is 2. The fourth-order valence-corrected chi connectivity index (χ4v) is 4.61. The number of nitrogens with zero attached hydrogens (tertiary/aromatic N) is 3. The van der Waals surface area contributed by atoms with E-state index in [1.54, 1.807) is 35.2 Å². The third-order valence-electron chi connectivity index (χ3n) is 5.28. The van der Waals surface area contributed by atoms with Crippen molar-refractivity contribution in [1.82, 2.24) is 14.5 Å². The molecular formula is C21H18FN3O4S. The van der Waals surface area contributed by atoms with Crippen molar-refractivity contribution in [3.8, 4) is 5.19 Å². The van der Waals surface area contributed by atoms with Crippen molar-refractivity contribution < 1.29 is 18.3 Å². The Kier molecular flexibility index (Phi) is 4.74. The molecule has 1 aliphatic heterocycles. The van der Waals surface area contributed by atoms with E-state index in [0.29, 0.717) is 47.7 Å². The molecule has 7 nitrogen and oxygen atoms in total. The number of para-hydroxylation sites is 3. The van der Waals surface area contributed by atoms with Gasteiger partial charge >= 0.3 is 5.76 Å². The molecule has 4 aromatic rings. The monoisotopic (exact) mass is 427 g/mol. The Morgan fingerprint density at radius 2 is 2.00 bits per heavy atom. The lowest BCUT2D eigenvalue weighted by atomic mass is 10.1. The van der Waals surface area contributed by atoms with E-state index in [-0.39, 0.29) is 24.4 Å². The second-order valence-corrected chi connectivity index (χ2v) is 8.18. The minimum atomic E-state index is -0.536. The highest BCUT2D eigenvalue weighted by atomic mass is 32.1. The zero-order valence-electron chi connectivity index (χ0n) is 15.9. The first-order valence-corrected chi connectivity index (χ1v) is 10.5. The first kappa shape index (κ1) is 18.8. The molecule has 154 valence electrons. The Bertz CT molecular complexity index is 1290. The minimum absolute atomic E-state index is 0.0570. The number of fused-ring (bicyclic) bond motifs is 2. The molecule has 0 spiro atoms. The third kappa shape index (κ3) is 3.45. The van der Waals surface area contributed by atoms with Crippen LogP contribution >= 0.6 is 11.3 Å². The maximum Gasteiger partial charge on any atom is 0.420 e. The Balaban J connectivity index is 1.22. The van der Waals surface area contributed by atoms with E-state index in [9.17, 15) is 14.0 Å². The summed E-state index contributed by atoms with van der Waals surface area (Å²) in [6.45, 7) is 0.985. The Hall–Kier alpha value is -3.20. The van der Waals surface area contributed by atoms with Gasteiger partial charge in [0.1, 0.15) is 24.0 Å². The molecule has 0 atom stereocenters. The number of benzene rings is 2. The molecule has 9 heteroatoms. The van der Waals surface area contributed by atoms with Crippen LogP contribution in [0.3, 0.4) is 0 Å². The molecular weight excluding hydrogens is 409 g/mol. The van der Waals surface area contributed by atoms with E-state index in [2.05, 4.69) is 4.98 Å². The minimum Gasteiger partial charge on any atom is -0.467 e. The van der Waals surface area contributed by atoms with Crippen molar-refractivity contribution in [2.24, 2.45) is 0 Å². The quantitative estimate of drug-likeness (QED) is 0.499. The van der Waals surface area contributed by atoms with Gasteiger partial charge in [-0.05, 0) is 24.3 Å². The third-order valence-corrected chi connectivity index (χ3v) is 6.19. The lowest BCUT2D eigenvalue weighted by Crippen LogP contribution is -2.43. The predicted octanol–water partition coefficient (Wildman–Crippen LogP) is 3.41. The molecule has 2 aromatic carbocycles. The highest BCUT2D eigenvalue weighted by Gasteiger charge is 2.26. The average Bonchev–Trinajstić information content (AvgIpc) is 3.30. The van der Waals surface area contributed by atoms with E-state index in [1.165, 1.54) is 22.0 Å². The van der Waals surface area contributed by atoms with Gasteiger partial charge in [0.2, 0.25) is 5.91 Å². The summed E-state index contributed by atoms with van der Waals surface area (Å²) in [6.07, 6.45) is 1.20. The maximum absolute atomic E-state index is 13.8. The lowest BCUT2D eigenvalue weighted by Gasteiger charge is -2.31. The Labute approximate surface area is 174 Å². The van der Waals surface area contributed by atoms with Gasteiger partial charge in [0.25, 0.3) is 5.19 Å². The SMILES string of the molecule is O=C(Cn1c(=O)oc2ccccc21)N1CCC(Oc2nc3c(F)cccc3s2)CC1. The van der Waals surface area contributed by atoms with E-state index < -0.39 is 5.76 Å². The van der Waals surface area contributed by atoms with Crippen LogP contribution in [0.25, 0.3) is 21.3 Å². The number of halogens is 1. The molecule has 0 aliphatic carbocycles. The van der Waals surface area contributed by atoms with E-state index in [0.717, 1.165) is 4.70 Å². The predicted molar refractivity (Wildman–Crippen MR) is 110 cm³/mol. The van der Waals surface area contributed by atoms with Gasteiger partial charge in [0.05, 0.1) is 10.2 Å². The molecule has 1 fully saturated rings. The van der Waals surface area contributed by atoms with Crippen LogP contribution in [0.15, 0.2) is 51.7 Å². The molecule has 30 heavy (non-hydrogen) atoms. The van der Waals surface area contributed by atoms with Gasteiger partial charge in [-0.25, -0.2) is 9.18 Å². The smallest absolute Gasteiger partial charge is 0.420 e. The van der Waals surface area contributed by atoms with Crippen LogP contribution in [0.2, 0.25) is 0 Å². The molecule has 0 saturated carbocycles. The van der Waals surface area contributed by atoms with Crippen LogP contribution in [0.4, 0.5) is 4.39 Å². The summed E-state index contributed by atoms with van der Waals surface area (Å²) in [6, 6.07) is 11.9. The zero-order valence-corrected chi connectivity index (χ0v) is 16.7. The van der Waals surface area contributed by atoms with Gasteiger partial charge in [-0.15, -0.1) is 0 Å². The molecule has 0 N–H and O–H groups in total. The molecule has 0 radical (unpaired) electrons. The van der Waals surface area contributed by atoms with Gasteiger partial charge in [-0.3, -0.25) is 9.36 Å². The highest BCUT2D eigenvalue weighted by Crippen LogP contribution is 2.31. The summed E-state index contributed by atoms with van der Waals surface area (Å²) < 4.78 is 27.0. The van der Waals surface area contributed by atoms with Crippen LogP contribution in [-0.2, 0) is 11.3 Å². The second-order valence-electron chi connectivity index (χ2n) is 7.19. The van der Waals surface area contributed by atoms with Gasteiger partial charge in [-0.2, -0.15) is 4.98 Å². The first-order chi connectivity index (χ1) is 14.6. The number of likely N-dealkylation sites (tertiary alicyclic amines) is 1. The number of rotatable bonds is 4. The molecule has 2 aromatic heterocycles. The zero-order chi connectivity index (χ0) is 20.7. The van der Waals surface area contributed by atoms with Gasteiger partial charge in [0.15, 0.2) is 5.58 Å². The van der Waals surface area contributed by atoms with Crippen molar-refractivity contribution in [3.05, 3.63) is 58.8 Å². The fraction of sp³-hybridized carbons (Fsp3) is 0.286. The molecule has 5 rings (SSSR count). The average molecular weight is 427 g/mol. The number of carbonyl (C=O) groups is 1. The van der Waals surface area contributed by atoms with Crippen LogP contribution in [0.1, 0.15) is 12.8 Å². The van der Waals surface area contributed by atoms with Crippen molar-refractivity contribution >= 4 is 38.6 Å². The number of ether oxygens (including phenoxy) is 1. The van der Waals surface area contributed by atoms with Gasteiger partial charge in [0, 0.05) is 25.9 Å². The van der Waals surface area contributed by atoms with E-state index >= 15 is 0 Å². The molecule has 1 amide bonds. The lowest BCUT2D eigenvalue weighted by molar-refractivity contribution is -0.133. The topological polar surface area (TPSA) is 77.6 Å². The van der Waals surface area contributed by atoms with Crippen molar-refractivity contribution in [2.45, 2.75) is 25.5 Å². The first-order valence-electron chi connectivity index (χ1n) is 9.66. The van der Waals surface area contributed by atoms with Crippen molar-refractivity contribution in [3.63, 3.8) is 0 Å². The molecule has 1 saturated heterocycles.